The fourth-order valence-corrected chi connectivity index (χ4v) is 3.64. The molecule has 2 aromatic carbocycles. The van der Waals surface area contributed by atoms with Gasteiger partial charge in [-0.25, -0.2) is 8.78 Å². The average molecular weight is 459 g/mol. The molecule has 0 aromatic heterocycles. The van der Waals surface area contributed by atoms with Gasteiger partial charge < -0.3 is 19.3 Å². The molecule has 0 N–H and O–H groups in total. The highest BCUT2D eigenvalue weighted by Crippen LogP contribution is 2.33. The van der Waals surface area contributed by atoms with Gasteiger partial charge in [0.1, 0.15) is 18.0 Å². The van der Waals surface area contributed by atoms with E-state index in [1.54, 1.807) is 11.0 Å². The normalized spacial score (nSPS) is 16.3. The predicted octanol–water partition coefficient (Wildman–Crippen LogP) is 1.73. The summed E-state index contributed by atoms with van der Waals surface area (Å²) in [5.41, 5.74) is 0.555. The Morgan fingerprint density at radius 1 is 1.03 bits per heavy atom. The van der Waals surface area contributed by atoms with Crippen LogP contribution >= 0.6 is 0 Å². The molecule has 174 valence electrons. The number of fused-ring (bicyclic) bond motifs is 1. The molecule has 8 nitrogen and oxygen atoms in total. The zero-order chi connectivity index (χ0) is 23.5. The summed E-state index contributed by atoms with van der Waals surface area (Å²) in [5.74, 6) is -2.69. The molecule has 1 fully saturated rings. The molecule has 33 heavy (non-hydrogen) atoms. The summed E-state index contributed by atoms with van der Waals surface area (Å²) in [6.07, 6.45) is 0. The number of hydrogen-bond donors (Lipinski definition) is 0. The molecule has 2 amide bonds. The fraction of sp³-hybridized carbons (Fsp3) is 0.348. The lowest BCUT2D eigenvalue weighted by molar-refractivity contribution is -0.133. The third kappa shape index (κ3) is 5.11. The summed E-state index contributed by atoms with van der Waals surface area (Å²) < 4.78 is 37.1. The van der Waals surface area contributed by atoms with E-state index in [0.29, 0.717) is 24.5 Å². The summed E-state index contributed by atoms with van der Waals surface area (Å²) in [6.45, 7) is 1.92. The number of carbonyl (C=O) groups excluding carboxylic acids is 3. The Kier molecular flexibility index (Phi) is 6.55. The van der Waals surface area contributed by atoms with Crippen LogP contribution in [0.25, 0.3) is 0 Å². The second-order valence-electron chi connectivity index (χ2n) is 7.92. The molecule has 1 saturated heterocycles. The van der Waals surface area contributed by atoms with E-state index in [4.69, 9.17) is 9.47 Å². The van der Waals surface area contributed by atoms with E-state index >= 15 is 0 Å². The number of halogens is 2. The minimum absolute atomic E-state index is 0.0121. The van der Waals surface area contributed by atoms with Gasteiger partial charge in [0.05, 0.1) is 5.69 Å². The molecule has 0 spiro atoms. The van der Waals surface area contributed by atoms with Crippen LogP contribution in [-0.4, -0.2) is 80.4 Å². The molecule has 0 atom stereocenters. The number of hydrogen-bond acceptors (Lipinski definition) is 6. The van der Waals surface area contributed by atoms with Gasteiger partial charge in [0, 0.05) is 37.8 Å². The van der Waals surface area contributed by atoms with Gasteiger partial charge in [-0.2, -0.15) is 0 Å². The smallest absolute Gasteiger partial charge is 0.265 e. The van der Waals surface area contributed by atoms with Gasteiger partial charge in [0.15, 0.2) is 30.6 Å². The third-order valence-electron chi connectivity index (χ3n) is 5.63. The summed E-state index contributed by atoms with van der Waals surface area (Å²) in [6, 6.07) is 7.53. The zero-order valence-electron chi connectivity index (χ0n) is 18.1. The highest BCUT2D eigenvalue weighted by molar-refractivity contribution is 6.04. The summed E-state index contributed by atoms with van der Waals surface area (Å²) in [7, 11) is 1.98. The van der Waals surface area contributed by atoms with Gasteiger partial charge in [-0.3, -0.25) is 19.3 Å². The number of carbonyl (C=O) groups is 3. The van der Waals surface area contributed by atoms with Crippen molar-refractivity contribution in [3.8, 4) is 11.5 Å². The SMILES string of the molecule is CN1CCN(C(=O)CN2C(=O)COc3ccc(C(=O)COc4ccc(F)c(F)c4)cc32)CC1. The molecule has 2 aliphatic rings. The van der Waals surface area contributed by atoms with Crippen molar-refractivity contribution in [3.05, 3.63) is 53.6 Å². The Hall–Kier alpha value is -3.53. The van der Waals surface area contributed by atoms with E-state index in [9.17, 15) is 23.2 Å². The maximum atomic E-state index is 13.3. The summed E-state index contributed by atoms with van der Waals surface area (Å²) in [4.78, 5) is 43.1. The van der Waals surface area contributed by atoms with Gasteiger partial charge in [0.2, 0.25) is 5.91 Å². The Morgan fingerprint density at radius 3 is 2.52 bits per heavy atom. The first-order chi connectivity index (χ1) is 15.8. The highest BCUT2D eigenvalue weighted by Gasteiger charge is 2.30. The topological polar surface area (TPSA) is 79.4 Å². The van der Waals surface area contributed by atoms with Crippen LogP contribution in [0.5, 0.6) is 11.5 Å². The molecule has 4 rings (SSSR count). The standard InChI is InChI=1S/C23H23F2N3O5/c1-26-6-8-27(9-7-26)22(30)12-28-19-10-15(2-5-21(19)33-14-23(28)31)20(29)13-32-16-3-4-17(24)18(25)11-16/h2-5,10-11H,6-9,12-14H2,1H3. The van der Waals surface area contributed by atoms with Crippen molar-refractivity contribution in [1.82, 2.24) is 9.80 Å². The molecule has 0 bridgehead atoms. The number of amides is 2. The van der Waals surface area contributed by atoms with Gasteiger partial charge in [-0.1, -0.05) is 0 Å². The van der Waals surface area contributed by atoms with Crippen LogP contribution in [0.15, 0.2) is 36.4 Å². The molecule has 0 aliphatic carbocycles. The Morgan fingerprint density at radius 2 is 1.79 bits per heavy atom. The maximum Gasteiger partial charge on any atom is 0.265 e. The van der Waals surface area contributed by atoms with Crippen LogP contribution < -0.4 is 14.4 Å². The van der Waals surface area contributed by atoms with Gasteiger partial charge in [0.25, 0.3) is 5.91 Å². The van der Waals surface area contributed by atoms with Crippen molar-refractivity contribution in [3.63, 3.8) is 0 Å². The lowest BCUT2D eigenvalue weighted by Gasteiger charge is -2.35. The van der Waals surface area contributed by atoms with E-state index in [0.717, 1.165) is 25.2 Å². The second-order valence-corrected chi connectivity index (χ2v) is 7.92. The van der Waals surface area contributed by atoms with E-state index in [2.05, 4.69) is 4.90 Å². The molecule has 10 heteroatoms. The number of Topliss-reactive ketones (excluding diaryl/α,β-unsaturated/α-hetero) is 1. The molecule has 2 aliphatic heterocycles. The summed E-state index contributed by atoms with van der Waals surface area (Å²) in [5, 5.41) is 0. The van der Waals surface area contributed by atoms with E-state index < -0.39 is 24.0 Å². The van der Waals surface area contributed by atoms with Gasteiger partial charge in [-0.05, 0) is 37.4 Å². The lowest BCUT2D eigenvalue weighted by Crippen LogP contribution is -2.52. The molecule has 0 radical (unpaired) electrons. The minimum atomic E-state index is -1.08. The quantitative estimate of drug-likeness (QED) is 0.613. The number of ether oxygens (including phenoxy) is 2. The van der Waals surface area contributed by atoms with Crippen molar-refractivity contribution in [2.45, 2.75) is 0 Å². The second kappa shape index (κ2) is 9.53. The molecular formula is C23H23F2N3O5. The van der Waals surface area contributed by atoms with Gasteiger partial charge >= 0.3 is 0 Å². The van der Waals surface area contributed by atoms with Crippen LogP contribution in [0.2, 0.25) is 0 Å². The number of likely N-dealkylation sites (N-methyl/N-ethyl adjacent to an activating group) is 1. The number of ketones is 1. The number of piperazine rings is 1. The summed E-state index contributed by atoms with van der Waals surface area (Å²) >= 11 is 0. The maximum absolute atomic E-state index is 13.3. The molecule has 0 unspecified atom stereocenters. The van der Waals surface area contributed by atoms with Crippen LogP contribution in [-0.2, 0) is 9.59 Å². The van der Waals surface area contributed by atoms with Crippen LogP contribution in [0.3, 0.4) is 0 Å². The van der Waals surface area contributed by atoms with Crippen LogP contribution in [0.4, 0.5) is 14.5 Å². The van der Waals surface area contributed by atoms with Gasteiger partial charge in [-0.15, -0.1) is 0 Å². The molecule has 2 aromatic rings. The predicted molar refractivity (Wildman–Crippen MR) is 115 cm³/mol. The Labute approximate surface area is 189 Å². The minimum Gasteiger partial charge on any atom is -0.485 e. The Balaban J connectivity index is 1.47. The first-order valence-electron chi connectivity index (χ1n) is 10.5. The lowest BCUT2D eigenvalue weighted by atomic mass is 10.1. The van der Waals surface area contributed by atoms with E-state index in [1.165, 1.54) is 23.1 Å². The first kappa shape index (κ1) is 22.7. The fourth-order valence-electron chi connectivity index (χ4n) is 3.64. The molecule has 2 heterocycles. The number of anilines is 1. The largest absolute Gasteiger partial charge is 0.485 e. The van der Waals surface area contributed by atoms with Crippen molar-refractivity contribution in [2.24, 2.45) is 0 Å². The van der Waals surface area contributed by atoms with E-state index in [1.807, 2.05) is 7.05 Å². The number of nitrogens with zero attached hydrogens (tertiary/aromatic N) is 3. The number of rotatable bonds is 6. The highest BCUT2D eigenvalue weighted by atomic mass is 19.2. The monoisotopic (exact) mass is 459 g/mol. The molecule has 0 saturated carbocycles. The number of benzene rings is 2. The third-order valence-corrected chi connectivity index (χ3v) is 5.63. The van der Waals surface area contributed by atoms with Crippen molar-refractivity contribution in [1.29, 1.82) is 0 Å². The average Bonchev–Trinajstić information content (AvgIpc) is 2.81. The van der Waals surface area contributed by atoms with Crippen LogP contribution in [0, 0.1) is 11.6 Å². The molecular weight excluding hydrogens is 436 g/mol. The van der Waals surface area contributed by atoms with Crippen molar-refractivity contribution < 1.29 is 32.6 Å². The Bertz CT molecular complexity index is 1090. The van der Waals surface area contributed by atoms with Crippen LogP contribution in [0.1, 0.15) is 10.4 Å². The van der Waals surface area contributed by atoms with E-state index in [-0.39, 0.29) is 36.3 Å². The zero-order valence-corrected chi connectivity index (χ0v) is 18.1. The van der Waals surface area contributed by atoms with Crippen molar-refractivity contribution in [2.75, 3.05) is 57.9 Å². The van der Waals surface area contributed by atoms with Crippen molar-refractivity contribution >= 4 is 23.3 Å². The first-order valence-corrected chi connectivity index (χ1v) is 10.5.